The number of carbonyl (C=O) groups excluding carboxylic acids is 3. The third-order valence-corrected chi connectivity index (χ3v) is 11.6. The van der Waals surface area contributed by atoms with Crippen LogP contribution in [0.5, 0.6) is 11.6 Å². The van der Waals surface area contributed by atoms with Crippen LogP contribution in [0.3, 0.4) is 0 Å². The molecule has 3 amide bonds. The van der Waals surface area contributed by atoms with E-state index < -0.39 is 11.7 Å². The van der Waals surface area contributed by atoms with E-state index >= 15 is 0 Å². The number of rotatable bonds is 11. The normalized spacial score (nSPS) is 15.4. The maximum absolute atomic E-state index is 13.6. The Morgan fingerprint density at radius 3 is 2.17 bits per heavy atom. The highest BCUT2D eigenvalue weighted by molar-refractivity contribution is 6.39. The molecule has 4 aromatic rings. The topological polar surface area (TPSA) is 126 Å². The number of hydrogen-bond donors (Lipinski definition) is 1. The smallest absolute Gasteiger partial charge is 0.410 e. The van der Waals surface area contributed by atoms with Crippen molar-refractivity contribution in [1.82, 2.24) is 30.0 Å². The lowest BCUT2D eigenvalue weighted by Gasteiger charge is -2.39. The van der Waals surface area contributed by atoms with Crippen molar-refractivity contribution in [3.8, 4) is 45.3 Å². The molecule has 0 atom stereocenters. The van der Waals surface area contributed by atoms with E-state index in [9.17, 15) is 14.4 Å². The van der Waals surface area contributed by atoms with E-state index in [1.54, 1.807) is 44.1 Å². The molecule has 2 fully saturated rings. The first kappa shape index (κ1) is 43.7. The van der Waals surface area contributed by atoms with Gasteiger partial charge >= 0.3 is 6.09 Å². The van der Waals surface area contributed by atoms with Crippen molar-refractivity contribution >= 4 is 41.1 Å². The molecule has 14 heteroatoms. The van der Waals surface area contributed by atoms with Crippen molar-refractivity contribution in [3.63, 3.8) is 0 Å². The summed E-state index contributed by atoms with van der Waals surface area (Å²) in [4.78, 5) is 52.6. The molecule has 2 aliphatic rings. The lowest BCUT2D eigenvalue weighted by atomic mass is 9.98. The summed E-state index contributed by atoms with van der Waals surface area (Å²) in [5.41, 5.74) is 5.16. The molecule has 0 spiro atoms. The van der Waals surface area contributed by atoms with Gasteiger partial charge < -0.3 is 29.3 Å². The van der Waals surface area contributed by atoms with Crippen molar-refractivity contribution in [3.05, 3.63) is 82.0 Å². The largest absolute Gasteiger partial charge is 0.496 e. The lowest BCUT2D eigenvalue weighted by molar-refractivity contribution is -0.130. The molecule has 12 nitrogen and oxygen atoms in total. The number of ether oxygens (including phenoxy) is 3. The monoisotopic (exact) mass is 844 g/mol. The highest BCUT2D eigenvalue weighted by atomic mass is 35.5. The highest BCUT2D eigenvalue weighted by Crippen LogP contribution is 2.42. The summed E-state index contributed by atoms with van der Waals surface area (Å²) < 4.78 is 17.5. The number of pyridine rings is 2. The van der Waals surface area contributed by atoms with E-state index in [1.165, 1.54) is 0 Å². The predicted octanol–water partition coefficient (Wildman–Crippen LogP) is 8.65. The Labute approximate surface area is 357 Å². The minimum Gasteiger partial charge on any atom is -0.496 e. The number of methoxy groups -OCH3 is 2. The van der Waals surface area contributed by atoms with Crippen molar-refractivity contribution < 1.29 is 28.6 Å². The molecule has 59 heavy (non-hydrogen) atoms. The van der Waals surface area contributed by atoms with Crippen LogP contribution < -0.4 is 14.8 Å². The van der Waals surface area contributed by atoms with Crippen LogP contribution in [0.2, 0.25) is 10.0 Å². The lowest BCUT2D eigenvalue weighted by Crippen LogP contribution is -2.49. The Kier molecular flexibility index (Phi) is 14.1. The molecule has 0 saturated carbocycles. The molecule has 0 unspecified atom stereocenters. The van der Waals surface area contributed by atoms with Crippen molar-refractivity contribution in [2.75, 3.05) is 40.4 Å². The van der Waals surface area contributed by atoms with Gasteiger partial charge in [-0.3, -0.25) is 19.5 Å². The maximum atomic E-state index is 13.6. The molecule has 2 aliphatic heterocycles. The quantitative estimate of drug-likeness (QED) is 0.158. The number of hydrogen-bond acceptors (Lipinski definition) is 9. The van der Waals surface area contributed by atoms with Gasteiger partial charge in [0.1, 0.15) is 11.4 Å². The van der Waals surface area contributed by atoms with Crippen LogP contribution >= 0.6 is 23.2 Å². The number of nitrogens with zero attached hydrogens (tertiary/aromatic N) is 5. The molecule has 0 bridgehead atoms. The summed E-state index contributed by atoms with van der Waals surface area (Å²) >= 11 is 14.4. The Hall–Kier alpha value is -4.91. The summed E-state index contributed by atoms with van der Waals surface area (Å²) in [5, 5.41) is 3.93. The van der Waals surface area contributed by atoms with Crippen molar-refractivity contribution in [2.24, 2.45) is 0 Å². The van der Waals surface area contributed by atoms with Crippen molar-refractivity contribution in [1.29, 1.82) is 0 Å². The van der Waals surface area contributed by atoms with E-state index in [4.69, 9.17) is 42.4 Å². The number of halogens is 2. The Morgan fingerprint density at radius 1 is 0.847 bits per heavy atom. The molecule has 4 heterocycles. The molecule has 2 saturated heterocycles. The third kappa shape index (κ3) is 10.6. The fourth-order valence-corrected chi connectivity index (χ4v) is 8.48. The second-order valence-electron chi connectivity index (χ2n) is 16.2. The molecular weight excluding hydrogens is 791 g/mol. The van der Waals surface area contributed by atoms with Crippen LogP contribution in [-0.4, -0.2) is 101 Å². The summed E-state index contributed by atoms with van der Waals surface area (Å²) in [7, 11) is 3.21. The van der Waals surface area contributed by atoms with Gasteiger partial charge in [-0.05, 0) is 70.7 Å². The zero-order valence-electron chi connectivity index (χ0n) is 34.9. The van der Waals surface area contributed by atoms with Gasteiger partial charge in [0.2, 0.25) is 17.7 Å². The van der Waals surface area contributed by atoms with Crippen molar-refractivity contribution in [2.45, 2.75) is 91.1 Å². The van der Waals surface area contributed by atoms with Crippen LogP contribution in [0.25, 0.3) is 33.6 Å². The number of nitrogens with one attached hydrogen (secondary N) is 1. The second kappa shape index (κ2) is 19.0. The molecule has 2 aromatic carbocycles. The average Bonchev–Trinajstić information content (AvgIpc) is 3.20. The van der Waals surface area contributed by atoms with Gasteiger partial charge in [0, 0.05) is 98.2 Å². The first-order valence-corrected chi connectivity index (χ1v) is 20.8. The number of amides is 3. The van der Waals surface area contributed by atoms with E-state index in [-0.39, 0.29) is 30.4 Å². The molecule has 6 rings (SSSR count). The van der Waals surface area contributed by atoms with Crippen LogP contribution in [0, 0.1) is 0 Å². The van der Waals surface area contributed by atoms with Crippen LogP contribution in [-0.2, 0) is 27.4 Å². The zero-order chi connectivity index (χ0) is 42.4. The minimum absolute atomic E-state index is 0.0113. The van der Waals surface area contributed by atoms with E-state index in [0.717, 1.165) is 49.4 Å². The molecular formula is C45H54Cl2N6O6. The zero-order valence-corrected chi connectivity index (χ0v) is 36.5. The standard InChI is InChI=1S/C45H54Cl2N6O6/c1-28(54)49-33-16-21-51(22-17-33)26-31-12-11-30(25-39(31)57-6)42-41(47)36(15-20-48-42)35-9-8-10-37(40(35)46)38-14-13-32(43(50-38)58-7)27-53(44(56)59-45(3,4)5)34-18-23-52(24-19-34)29(2)55/h8-15,20,25,33-34H,16-19,21-24,26-27H2,1-7H3,(H,49,54). The average molecular weight is 846 g/mol. The Bertz CT molecular complexity index is 2160. The molecule has 2 aromatic heterocycles. The first-order chi connectivity index (χ1) is 28.1. The highest BCUT2D eigenvalue weighted by Gasteiger charge is 2.33. The van der Waals surface area contributed by atoms with Gasteiger partial charge in [0.05, 0.1) is 42.2 Å². The van der Waals surface area contributed by atoms with Gasteiger partial charge in [0.15, 0.2) is 0 Å². The maximum Gasteiger partial charge on any atom is 0.410 e. The fourth-order valence-electron chi connectivity index (χ4n) is 7.83. The van der Waals surface area contributed by atoms with Crippen LogP contribution in [0.15, 0.2) is 60.8 Å². The molecule has 314 valence electrons. The van der Waals surface area contributed by atoms with Gasteiger partial charge in [-0.1, -0.05) is 53.5 Å². The van der Waals surface area contributed by atoms with E-state index in [2.05, 4.69) is 21.3 Å². The summed E-state index contributed by atoms with van der Waals surface area (Å²) in [6.45, 7) is 12.5. The van der Waals surface area contributed by atoms with E-state index in [0.29, 0.717) is 75.5 Å². The third-order valence-electron chi connectivity index (χ3n) is 10.9. The van der Waals surface area contributed by atoms with Gasteiger partial charge in [0.25, 0.3) is 0 Å². The molecule has 0 aliphatic carbocycles. The molecule has 1 N–H and O–H groups in total. The first-order valence-electron chi connectivity index (χ1n) is 20.0. The van der Waals surface area contributed by atoms with Gasteiger partial charge in [-0.15, -0.1) is 0 Å². The summed E-state index contributed by atoms with van der Waals surface area (Å²) in [6, 6.07) is 17.4. The number of carbonyl (C=O) groups is 3. The van der Waals surface area contributed by atoms with Crippen LogP contribution in [0.4, 0.5) is 4.79 Å². The summed E-state index contributed by atoms with van der Waals surface area (Å²) in [6.07, 6.45) is 4.37. The number of benzene rings is 2. The SMILES string of the molecule is COc1cc(-c2nccc(-c3cccc(-c4ccc(CN(C(=O)OC(C)(C)C)C5CCN(C(C)=O)CC5)c(OC)n4)c3Cl)c2Cl)ccc1CN1CCC(NC(C)=O)CC1. The molecule has 0 radical (unpaired) electrons. The second-order valence-corrected chi connectivity index (χ2v) is 16.9. The van der Waals surface area contributed by atoms with Gasteiger partial charge in [-0.2, -0.15) is 0 Å². The Morgan fingerprint density at radius 2 is 1.53 bits per heavy atom. The predicted molar refractivity (Wildman–Crippen MR) is 231 cm³/mol. The van der Waals surface area contributed by atoms with Crippen LogP contribution in [0.1, 0.15) is 71.4 Å². The minimum atomic E-state index is -0.686. The van der Waals surface area contributed by atoms with E-state index in [1.807, 2.05) is 69.3 Å². The number of likely N-dealkylation sites (tertiary alicyclic amines) is 2. The Balaban J connectivity index is 1.24. The fraction of sp³-hybridized carbons (Fsp3) is 0.444. The summed E-state index contributed by atoms with van der Waals surface area (Å²) in [5.74, 6) is 1.14. The number of aromatic nitrogens is 2. The number of piperidine rings is 2. The van der Waals surface area contributed by atoms with Gasteiger partial charge in [-0.25, -0.2) is 9.78 Å².